The Bertz CT molecular complexity index is 1270. The molecule has 1 aliphatic rings. The summed E-state index contributed by atoms with van der Waals surface area (Å²) in [6.45, 7) is 5.74. The van der Waals surface area contributed by atoms with Crippen LogP contribution in [0.3, 0.4) is 0 Å². The van der Waals surface area contributed by atoms with Crippen LogP contribution in [-0.2, 0) is 6.54 Å². The highest BCUT2D eigenvalue weighted by molar-refractivity contribution is 5.95. The van der Waals surface area contributed by atoms with E-state index in [2.05, 4.69) is 15.0 Å². The molecule has 0 saturated carbocycles. The molecule has 0 spiro atoms. The Morgan fingerprint density at radius 1 is 1.28 bits per heavy atom. The number of hydrogen-bond acceptors (Lipinski definition) is 8. The van der Waals surface area contributed by atoms with Gasteiger partial charge in [0.1, 0.15) is 11.3 Å². The summed E-state index contributed by atoms with van der Waals surface area (Å²) in [5.41, 5.74) is 7.82. The van der Waals surface area contributed by atoms with E-state index in [0.717, 1.165) is 42.8 Å². The average Bonchev–Trinajstić information content (AvgIpc) is 3.40. The third kappa shape index (κ3) is 3.70. The van der Waals surface area contributed by atoms with Gasteiger partial charge in [0, 0.05) is 30.6 Å². The monoisotopic (exact) mass is 436 g/mol. The van der Waals surface area contributed by atoms with Crippen LogP contribution in [0.15, 0.2) is 30.6 Å². The Balaban J connectivity index is 1.45. The fraction of sp³-hybridized carbons (Fsp3) is 0.455. The molecular weight excluding hydrogens is 408 g/mol. The number of rotatable bonds is 5. The van der Waals surface area contributed by atoms with Gasteiger partial charge in [0.2, 0.25) is 5.95 Å². The number of fused-ring (bicyclic) bond motifs is 3. The summed E-state index contributed by atoms with van der Waals surface area (Å²) in [5.74, 6) is 1.88. The fourth-order valence-corrected chi connectivity index (χ4v) is 4.40. The number of methoxy groups -OCH3 is 1. The zero-order chi connectivity index (χ0) is 22.5. The van der Waals surface area contributed by atoms with Gasteiger partial charge in [-0.2, -0.15) is 9.61 Å². The maximum Gasteiger partial charge on any atom is 0.223 e. The van der Waals surface area contributed by atoms with Crippen molar-refractivity contribution < 1.29 is 9.84 Å². The van der Waals surface area contributed by atoms with Crippen molar-refractivity contribution in [3.8, 4) is 5.75 Å². The van der Waals surface area contributed by atoms with Crippen LogP contribution < -0.4 is 15.4 Å². The highest BCUT2D eigenvalue weighted by Gasteiger charge is 2.27. The van der Waals surface area contributed by atoms with Crippen LogP contribution in [0.2, 0.25) is 0 Å². The molecule has 1 fully saturated rings. The number of nitrogen functional groups attached to an aromatic ring is 1. The lowest BCUT2D eigenvalue weighted by atomic mass is 9.97. The van der Waals surface area contributed by atoms with Crippen molar-refractivity contribution in [1.29, 1.82) is 0 Å². The zero-order valence-electron chi connectivity index (χ0n) is 18.6. The number of ether oxygens (including phenoxy) is 1. The Morgan fingerprint density at radius 3 is 2.91 bits per heavy atom. The van der Waals surface area contributed by atoms with Gasteiger partial charge in [0.15, 0.2) is 11.5 Å². The highest BCUT2D eigenvalue weighted by atomic mass is 16.5. The topological polar surface area (TPSA) is 120 Å². The molecule has 0 radical (unpaired) electrons. The molecule has 1 aliphatic heterocycles. The molecule has 1 atom stereocenters. The molecule has 0 bridgehead atoms. The van der Waals surface area contributed by atoms with Crippen molar-refractivity contribution in [1.82, 2.24) is 29.4 Å². The summed E-state index contributed by atoms with van der Waals surface area (Å²) in [5, 5.41) is 20.1. The summed E-state index contributed by atoms with van der Waals surface area (Å²) in [7, 11) is 1.62. The molecule has 168 valence electrons. The molecule has 4 aromatic rings. The number of anilines is 2. The molecule has 32 heavy (non-hydrogen) atoms. The molecule has 3 aromatic heterocycles. The molecule has 0 amide bonds. The molecule has 3 N–H and O–H groups in total. The van der Waals surface area contributed by atoms with E-state index in [-0.39, 0.29) is 11.9 Å². The molecular formula is C22H28N8O2. The molecule has 4 heterocycles. The second kappa shape index (κ2) is 7.63. The smallest absolute Gasteiger partial charge is 0.223 e. The van der Waals surface area contributed by atoms with Crippen LogP contribution in [0, 0.1) is 0 Å². The number of nitrogens with two attached hydrogens (primary N) is 1. The summed E-state index contributed by atoms with van der Waals surface area (Å²) in [6, 6.07) is 5.74. The quantitative estimate of drug-likeness (QED) is 0.489. The van der Waals surface area contributed by atoms with E-state index in [1.165, 1.54) is 0 Å². The normalized spacial score (nSPS) is 17.4. The van der Waals surface area contributed by atoms with Crippen LogP contribution in [0.1, 0.15) is 38.4 Å². The second-order valence-electron chi connectivity index (χ2n) is 9.03. The number of hydrogen-bond donors (Lipinski definition) is 2. The largest absolute Gasteiger partial charge is 0.494 e. The minimum atomic E-state index is -0.812. The second-order valence-corrected chi connectivity index (χ2v) is 9.03. The molecule has 1 aromatic carbocycles. The van der Waals surface area contributed by atoms with Gasteiger partial charge < -0.3 is 20.5 Å². The molecule has 10 nitrogen and oxygen atoms in total. The van der Waals surface area contributed by atoms with Crippen LogP contribution >= 0.6 is 0 Å². The fourth-order valence-electron chi connectivity index (χ4n) is 4.40. The van der Waals surface area contributed by atoms with Gasteiger partial charge in [-0.1, -0.05) is 6.07 Å². The third-order valence-corrected chi connectivity index (χ3v) is 5.85. The van der Waals surface area contributed by atoms with Gasteiger partial charge in [-0.05, 0) is 38.8 Å². The van der Waals surface area contributed by atoms with Gasteiger partial charge in [0.25, 0.3) is 0 Å². The van der Waals surface area contributed by atoms with E-state index < -0.39 is 5.60 Å². The molecule has 10 heteroatoms. The van der Waals surface area contributed by atoms with Gasteiger partial charge in [-0.25, -0.2) is 9.97 Å². The summed E-state index contributed by atoms with van der Waals surface area (Å²) < 4.78 is 8.85. The van der Waals surface area contributed by atoms with Crippen LogP contribution in [0.5, 0.6) is 5.75 Å². The van der Waals surface area contributed by atoms with Gasteiger partial charge in [0.05, 0.1) is 31.1 Å². The van der Waals surface area contributed by atoms with E-state index >= 15 is 0 Å². The van der Waals surface area contributed by atoms with E-state index in [4.69, 9.17) is 20.6 Å². The lowest BCUT2D eigenvalue weighted by Gasteiger charge is -2.32. The highest BCUT2D eigenvalue weighted by Crippen LogP contribution is 2.31. The average molecular weight is 437 g/mol. The standard InChI is InChI=1S/C22H28N8O2/c1-22(2,31)13-29-12-15(10-24-29)28-9-5-6-14(11-28)19-26-20-16-7-4-8-17(32-3)18(16)25-21(23)30(20)27-19/h4,7-8,10,12,14,31H,5-6,9,11,13H2,1-3H3,(H2,23,25)/t14-/m1/s1. The minimum Gasteiger partial charge on any atom is -0.494 e. The summed E-state index contributed by atoms with van der Waals surface area (Å²) in [4.78, 5) is 11.7. The number of piperidine rings is 1. The van der Waals surface area contributed by atoms with Gasteiger partial charge in [-0.3, -0.25) is 4.68 Å². The van der Waals surface area contributed by atoms with Crippen molar-refractivity contribution in [3.63, 3.8) is 0 Å². The maximum atomic E-state index is 10.1. The van der Waals surface area contributed by atoms with Crippen molar-refractivity contribution >= 4 is 28.2 Å². The SMILES string of the molecule is COc1cccc2c1nc(N)n1nc([C@@H]3CCCN(c4cnn(CC(C)(C)O)c4)C3)nc21. The molecule has 0 aliphatic carbocycles. The van der Waals surface area contributed by atoms with Gasteiger partial charge in [-0.15, -0.1) is 5.10 Å². The zero-order valence-corrected chi connectivity index (χ0v) is 18.6. The lowest BCUT2D eigenvalue weighted by Crippen LogP contribution is -2.34. The minimum absolute atomic E-state index is 0.168. The molecule has 0 unspecified atom stereocenters. The predicted octanol–water partition coefficient (Wildman–Crippen LogP) is 2.22. The Hall–Kier alpha value is -3.40. The van der Waals surface area contributed by atoms with Crippen molar-refractivity contribution in [2.24, 2.45) is 0 Å². The third-order valence-electron chi connectivity index (χ3n) is 5.85. The van der Waals surface area contributed by atoms with Gasteiger partial charge >= 0.3 is 0 Å². The Morgan fingerprint density at radius 2 is 2.12 bits per heavy atom. The first kappa shape index (κ1) is 20.5. The van der Waals surface area contributed by atoms with E-state index in [9.17, 15) is 5.11 Å². The predicted molar refractivity (Wildman–Crippen MR) is 122 cm³/mol. The maximum absolute atomic E-state index is 10.1. The van der Waals surface area contributed by atoms with Crippen molar-refractivity contribution in [2.75, 3.05) is 30.8 Å². The van der Waals surface area contributed by atoms with E-state index in [0.29, 0.717) is 23.5 Å². The number of nitrogens with zero attached hydrogens (tertiary/aromatic N) is 7. The molecule has 5 rings (SSSR count). The first-order valence-corrected chi connectivity index (χ1v) is 10.8. The van der Waals surface area contributed by atoms with Crippen LogP contribution in [0.25, 0.3) is 16.6 Å². The van der Waals surface area contributed by atoms with E-state index in [1.54, 1.807) is 30.2 Å². The Kier molecular flexibility index (Phi) is 4.89. The van der Waals surface area contributed by atoms with Crippen molar-refractivity contribution in [2.45, 2.75) is 44.8 Å². The number of benzene rings is 1. The summed E-state index contributed by atoms with van der Waals surface area (Å²) in [6.07, 6.45) is 5.87. The number of aromatic nitrogens is 6. The van der Waals surface area contributed by atoms with Crippen molar-refractivity contribution in [3.05, 3.63) is 36.4 Å². The number of para-hydroxylation sites is 1. The van der Waals surface area contributed by atoms with Crippen LogP contribution in [0.4, 0.5) is 11.6 Å². The first-order chi connectivity index (χ1) is 15.3. The van der Waals surface area contributed by atoms with Crippen LogP contribution in [-0.4, -0.2) is 60.3 Å². The molecule has 1 saturated heterocycles. The lowest BCUT2D eigenvalue weighted by molar-refractivity contribution is 0.0577. The summed E-state index contributed by atoms with van der Waals surface area (Å²) >= 11 is 0. The van der Waals surface area contributed by atoms with E-state index in [1.807, 2.05) is 30.6 Å². The Labute approximate surface area is 185 Å². The number of aliphatic hydroxyl groups is 1. The first-order valence-electron chi connectivity index (χ1n) is 10.8.